The number of rotatable bonds is 3. The van der Waals surface area contributed by atoms with Crippen molar-refractivity contribution in [2.24, 2.45) is 0 Å². The van der Waals surface area contributed by atoms with Gasteiger partial charge in [-0.15, -0.1) is 11.3 Å². The number of halogens is 1. The van der Waals surface area contributed by atoms with Gasteiger partial charge in [0.2, 0.25) is 0 Å². The maximum atomic E-state index is 12.2. The Balaban J connectivity index is 1.84. The molecule has 2 aromatic heterocycles. The highest BCUT2D eigenvalue weighted by Crippen LogP contribution is 2.23. The van der Waals surface area contributed by atoms with Crippen molar-refractivity contribution in [2.75, 3.05) is 5.73 Å². The number of nitrogens with two attached hydrogens (primary N) is 1. The van der Waals surface area contributed by atoms with E-state index in [-0.39, 0.29) is 0 Å². The van der Waals surface area contributed by atoms with Crippen LogP contribution >= 0.6 is 22.9 Å². The first-order valence-corrected chi connectivity index (χ1v) is 8.05. The van der Waals surface area contributed by atoms with Crippen LogP contribution in [-0.2, 0) is 16.6 Å². The van der Waals surface area contributed by atoms with E-state index in [1.807, 2.05) is 22.2 Å². The van der Waals surface area contributed by atoms with Gasteiger partial charge in [-0.3, -0.25) is 8.61 Å². The zero-order chi connectivity index (χ0) is 13.4. The summed E-state index contributed by atoms with van der Waals surface area (Å²) in [6.45, 7) is 0. The van der Waals surface area contributed by atoms with Crippen LogP contribution in [0.4, 0.5) is 5.69 Å². The van der Waals surface area contributed by atoms with E-state index >= 15 is 0 Å². The van der Waals surface area contributed by atoms with Gasteiger partial charge < -0.3 is 5.73 Å². The lowest BCUT2D eigenvalue weighted by Gasteiger charge is -2.03. The van der Waals surface area contributed by atoms with Crippen molar-refractivity contribution in [1.82, 2.24) is 9.38 Å². The molecular formula is C12H10ClN3OS2. The zero-order valence-corrected chi connectivity index (χ0v) is 12.1. The summed E-state index contributed by atoms with van der Waals surface area (Å²) in [6, 6.07) is 5.04. The molecule has 2 heterocycles. The lowest BCUT2D eigenvalue weighted by Crippen LogP contribution is -1.98. The Labute approximate surface area is 121 Å². The molecular weight excluding hydrogens is 302 g/mol. The second-order valence-electron chi connectivity index (χ2n) is 4.00. The molecule has 7 heteroatoms. The first-order chi connectivity index (χ1) is 9.13. The average Bonchev–Trinajstić information content (AvgIpc) is 2.93. The molecule has 1 unspecified atom stereocenters. The van der Waals surface area contributed by atoms with Gasteiger partial charge in [0.1, 0.15) is 0 Å². The summed E-state index contributed by atoms with van der Waals surface area (Å²) < 4.78 is 14.2. The number of imidazole rings is 1. The number of aromatic nitrogens is 2. The topological polar surface area (TPSA) is 60.4 Å². The normalized spacial score (nSPS) is 12.9. The Hall–Kier alpha value is -1.37. The van der Waals surface area contributed by atoms with Gasteiger partial charge in [-0.1, -0.05) is 11.6 Å². The third-order valence-corrected chi connectivity index (χ3v) is 5.09. The number of fused-ring (bicyclic) bond motifs is 1. The second-order valence-corrected chi connectivity index (χ2v) is 6.73. The predicted octanol–water partition coefficient (Wildman–Crippen LogP) is 2.94. The van der Waals surface area contributed by atoms with Gasteiger partial charge in [-0.25, -0.2) is 4.98 Å². The molecule has 0 amide bonds. The summed E-state index contributed by atoms with van der Waals surface area (Å²) in [7, 11) is -1.17. The first kappa shape index (κ1) is 12.7. The SMILES string of the molecule is Nc1ccc(S(=O)Cc2cn3ccsc3n2)cc1Cl. The van der Waals surface area contributed by atoms with E-state index in [9.17, 15) is 4.21 Å². The minimum atomic E-state index is -1.17. The third kappa shape index (κ3) is 2.51. The van der Waals surface area contributed by atoms with Crippen LogP contribution in [-0.4, -0.2) is 13.6 Å². The molecule has 19 heavy (non-hydrogen) atoms. The van der Waals surface area contributed by atoms with Gasteiger partial charge in [0.05, 0.1) is 33.0 Å². The summed E-state index contributed by atoms with van der Waals surface area (Å²) in [5.41, 5.74) is 6.93. The van der Waals surface area contributed by atoms with E-state index in [0.29, 0.717) is 21.4 Å². The number of benzene rings is 1. The Morgan fingerprint density at radius 1 is 1.47 bits per heavy atom. The fraction of sp³-hybridized carbons (Fsp3) is 0.0833. The summed E-state index contributed by atoms with van der Waals surface area (Å²) in [6.07, 6.45) is 3.82. The predicted molar refractivity (Wildman–Crippen MR) is 79.0 cm³/mol. The lowest BCUT2D eigenvalue weighted by atomic mass is 10.3. The molecule has 0 aliphatic heterocycles. The Morgan fingerprint density at radius 2 is 2.32 bits per heavy atom. The van der Waals surface area contributed by atoms with Gasteiger partial charge in [0.25, 0.3) is 0 Å². The van der Waals surface area contributed by atoms with Gasteiger partial charge in [-0.05, 0) is 18.2 Å². The number of nitrogen functional groups attached to an aromatic ring is 1. The van der Waals surface area contributed by atoms with Crippen LogP contribution in [0.3, 0.4) is 0 Å². The Bertz CT molecular complexity index is 737. The van der Waals surface area contributed by atoms with Crippen LogP contribution in [0.1, 0.15) is 5.69 Å². The number of thiazole rings is 1. The van der Waals surface area contributed by atoms with Gasteiger partial charge in [0.15, 0.2) is 4.96 Å². The van der Waals surface area contributed by atoms with E-state index in [2.05, 4.69) is 4.98 Å². The molecule has 0 aliphatic carbocycles. The van der Waals surface area contributed by atoms with E-state index in [1.54, 1.807) is 29.5 Å². The molecule has 4 nitrogen and oxygen atoms in total. The molecule has 0 fully saturated rings. The van der Waals surface area contributed by atoms with E-state index < -0.39 is 10.8 Å². The lowest BCUT2D eigenvalue weighted by molar-refractivity contribution is 0.682. The summed E-state index contributed by atoms with van der Waals surface area (Å²) in [5.74, 6) is 0.370. The minimum Gasteiger partial charge on any atom is -0.398 e. The van der Waals surface area contributed by atoms with Crippen molar-refractivity contribution in [1.29, 1.82) is 0 Å². The maximum absolute atomic E-state index is 12.2. The van der Waals surface area contributed by atoms with Gasteiger partial charge >= 0.3 is 0 Å². The molecule has 0 saturated carbocycles. The van der Waals surface area contributed by atoms with Crippen LogP contribution in [0.2, 0.25) is 5.02 Å². The van der Waals surface area contributed by atoms with Crippen molar-refractivity contribution in [3.05, 3.63) is 46.7 Å². The average molecular weight is 312 g/mol. The smallest absolute Gasteiger partial charge is 0.193 e. The quantitative estimate of drug-likeness (QED) is 0.757. The maximum Gasteiger partial charge on any atom is 0.193 e. The second kappa shape index (κ2) is 4.96. The molecule has 0 bridgehead atoms. The zero-order valence-electron chi connectivity index (χ0n) is 9.75. The van der Waals surface area contributed by atoms with Crippen LogP contribution in [0.15, 0.2) is 40.9 Å². The number of hydrogen-bond donors (Lipinski definition) is 1. The highest BCUT2D eigenvalue weighted by atomic mass is 35.5. The molecule has 3 aromatic rings. The summed E-state index contributed by atoms with van der Waals surface area (Å²) >= 11 is 7.48. The largest absolute Gasteiger partial charge is 0.398 e. The summed E-state index contributed by atoms with van der Waals surface area (Å²) in [5, 5.41) is 2.39. The van der Waals surface area contributed by atoms with Crippen LogP contribution in [0, 0.1) is 0 Å². The van der Waals surface area contributed by atoms with Crippen molar-refractivity contribution < 1.29 is 4.21 Å². The molecule has 0 aliphatic rings. The van der Waals surface area contributed by atoms with Crippen molar-refractivity contribution in [2.45, 2.75) is 10.6 Å². The van der Waals surface area contributed by atoms with E-state index in [4.69, 9.17) is 17.3 Å². The minimum absolute atomic E-state index is 0.370. The third-order valence-electron chi connectivity index (χ3n) is 2.66. The van der Waals surface area contributed by atoms with Crippen molar-refractivity contribution in [3.8, 4) is 0 Å². The standard InChI is InChI=1S/C12H10ClN3OS2/c13-10-5-9(1-2-11(10)14)19(17)7-8-6-16-3-4-18-12(16)15-8/h1-6H,7,14H2. The van der Waals surface area contributed by atoms with Gasteiger partial charge in [0, 0.05) is 22.7 Å². The number of hydrogen-bond acceptors (Lipinski definition) is 4. The first-order valence-electron chi connectivity index (χ1n) is 5.48. The molecule has 0 spiro atoms. The molecule has 0 saturated heterocycles. The molecule has 98 valence electrons. The molecule has 0 radical (unpaired) electrons. The summed E-state index contributed by atoms with van der Waals surface area (Å²) in [4.78, 5) is 5.98. The van der Waals surface area contributed by atoms with Gasteiger partial charge in [-0.2, -0.15) is 0 Å². The Morgan fingerprint density at radius 3 is 3.05 bits per heavy atom. The molecule has 1 atom stereocenters. The Kier molecular flexibility index (Phi) is 3.30. The molecule has 3 rings (SSSR count). The molecule has 2 N–H and O–H groups in total. The highest BCUT2D eigenvalue weighted by Gasteiger charge is 2.10. The molecule has 1 aromatic carbocycles. The van der Waals surface area contributed by atoms with Crippen LogP contribution in [0.5, 0.6) is 0 Å². The fourth-order valence-electron chi connectivity index (χ4n) is 1.71. The highest BCUT2D eigenvalue weighted by molar-refractivity contribution is 7.84. The fourth-order valence-corrected chi connectivity index (χ4v) is 3.72. The monoisotopic (exact) mass is 311 g/mol. The van der Waals surface area contributed by atoms with E-state index in [1.165, 1.54) is 0 Å². The van der Waals surface area contributed by atoms with Crippen LogP contribution in [0.25, 0.3) is 4.96 Å². The van der Waals surface area contributed by atoms with Crippen molar-refractivity contribution >= 4 is 44.4 Å². The van der Waals surface area contributed by atoms with E-state index in [0.717, 1.165) is 10.7 Å². The van der Waals surface area contributed by atoms with Crippen LogP contribution < -0.4 is 5.73 Å². The number of nitrogens with zero attached hydrogens (tertiary/aromatic N) is 2. The number of anilines is 1. The van der Waals surface area contributed by atoms with Crippen molar-refractivity contribution in [3.63, 3.8) is 0 Å².